The van der Waals surface area contributed by atoms with E-state index in [2.05, 4.69) is 52.2 Å². The fourth-order valence-corrected chi connectivity index (χ4v) is 3.06. The lowest BCUT2D eigenvalue weighted by atomic mass is 10.2. The highest BCUT2D eigenvalue weighted by Gasteiger charge is 2.34. The summed E-state index contributed by atoms with van der Waals surface area (Å²) in [5.41, 5.74) is 1.24. The van der Waals surface area contributed by atoms with E-state index in [1.54, 1.807) is 7.11 Å². The molecule has 1 aliphatic heterocycles. The number of rotatable bonds is 4. The molecule has 3 rings (SSSR count). The first kappa shape index (κ1) is 19.1. The minimum Gasteiger partial charge on any atom is -0.497 e. The molecule has 2 aliphatic rings. The van der Waals surface area contributed by atoms with E-state index >= 15 is 0 Å². The quantitative estimate of drug-likeness (QED) is 0.441. The lowest BCUT2D eigenvalue weighted by Gasteiger charge is -2.38. The summed E-state index contributed by atoms with van der Waals surface area (Å²) in [4.78, 5) is 9.49. The molecule has 1 N–H and O–H groups in total. The molecule has 134 valence electrons. The Bertz CT molecular complexity index is 558. The standard InChI is InChI=1S/C18H28N4O.HI/c1-4-19-18(20-17-12-14(17)2)22-10-8-21(9-11-22)15-6-5-7-16(13-15)23-3;/h5-7,13-14,17H,4,8-12H2,1-3H3,(H,19,20);1H. The van der Waals surface area contributed by atoms with Crippen LogP contribution in [0, 0.1) is 5.92 Å². The number of nitrogens with one attached hydrogen (secondary N) is 1. The van der Waals surface area contributed by atoms with Crippen molar-refractivity contribution in [1.82, 2.24) is 10.2 Å². The van der Waals surface area contributed by atoms with Crippen molar-refractivity contribution in [3.63, 3.8) is 0 Å². The van der Waals surface area contributed by atoms with Crippen LogP contribution >= 0.6 is 24.0 Å². The largest absolute Gasteiger partial charge is 0.497 e. The monoisotopic (exact) mass is 444 g/mol. The van der Waals surface area contributed by atoms with Crippen LogP contribution in [0.3, 0.4) is 0 Å². The van der Waals surface area contributed by atoms with Gasteiger partial charge in [0, 0.05) is 50.5 Å². The maximum Gasteiger partial charge on any atom is 0.194 e. The molecule has 0 amide bonds. The molecular formula is C18H29IN4O. The number of ether oxygens (including phenoxy) is 1. The van der Waals surface area contributed by atoms with E-state index in [0.717, 1.165) is 50.4 Å². The second-order valence-electron chi connectivity index (χ2n) is 6.44. The zero-order valence-electron chi connectivity index (χ0n) is 14.9. The van der Waals surface area contributed by atoms with Gasteiger partial charge in [-0.2, -0.15) is 0 Å². The molecule has 0 bridgehead atoms. The number of piperazine rings is 1. The topological polar surface area (TPSA) is 40.1 Å². The number of nitrogens with zero attached hydrogens (tertiary/aromatic N) is 3. The summed E-state index contributed by atoms with van der Waals surface area (Å²) in [6.45, 7) is 9.26. The summed E-state index contributed by atoms with van der Waals surface area (Å²) >= 11 is 0. The zero-order chi connectivity index (χ0) is 16.2. The number of benzene rings is 1. The van der Waals surface area contributed by atoms with Gasteiger partial charge >= 0.3 is 0 Å². The Morgan fingerprint density at radius 1 is 1.29 bits per heavy atom. The van der Waals surface area contributed by atoms with Crippen molar-refractivity contribution in [3.8, 4) is 5.75 Å². The smallest absolute Gasteiger partial charge is 0.194 e. The highest BCUT2D eigenvalue weighted by Crippen LogP contribution is 2.29. The third-order valence-electron chi connectivity index (χ3n) is 4.73. The van der Waals surface area contributed by atoms with Crippen LogP contribution in [0.4, 0.5) is 5.69 Å². The Morgan fingerprint density at radius 3 is 2.58 bits per heavy atom. The minimum atomic E-state index is 0. The molecule has 0 aromatic heterocycles. The van der Waals surface area contributed by atoms with E-state index in [-0.39, 0.29) is 24.0 Å². The Hall–Kier alpha value is -1.18. The van der Waals surface area contributed by atoms with Crippen LogP contribution in [0.25, 0.3) is 0 Å². The van der Waals surface area contributed by atoms with E-state index in [9.17, 15) is 0 Å². The SMILES string of the molecule is CCN=C(NC1CC1C)N1CCN(c2cccc(OC)c2)CC1.I. The lowest BCUT2D eigenvalue weighted by Crippen LogP contribution is -2.53. The molecule has 2 unspecified atom stereocenters. The summed E-state index contributed by atoms with van der Waals surface area (Å²) in [7, 11) is 1.72. The van der Waals surface area contributed by atoms with E-state index in [0.29, 0.717) is 6.04 Å². The number of guanidine groups is 1. The predicted molar refractivity (Wildman–Crippen MR) is 111 cm³/mol. The van der Waals surface area contributed by atoms with Crippen LogP contribution in [0.5, 0.6) is 5.75 Å². The number of hydrogen-bond donors (Lipinski definition) is 1. The Balaban J connectivity index is 0.00000208. The maximum atomic E-state index is 5.33. The normalized spacial score (nSPS) is 23.5. The van der Waals surface area contributed by atoms with Crippen LogP contribution in [-0.4, -0.2) is 56.7 Å². The minimum absolute atomic E-state index is 0. The zero-order valence-corrected chi connectivity index (χ0v) is 17.2. The Kier molecular flexibility index (Phi) is 7.01. The molecule has 6 heteroatoms. The van der Waals surface area contributed by atoms with Gasteiger partial charge in [-0.15, -0.1) is 24.0 Å². The number of methoxy groups -OCH3 is 1. The fourth-order valence-electron chi connectivity index (χ4n) is 3.06. The van der Waals surface area contributed by atoms with Crippen molar-refractivity contribution >= 4 is 35.6 Å². The van der Waals surface area contributed by atoms with Crippen LogP contribution in [0.1, 0.15) is 20.3 Å². The van der Waals surface area contributed by atoms with Gasteiger partial charge in [-0.25, -0.2) is 0 Å². The molecule has 1 saturated carbocycles. The molecule has 5 nitrogen and oxygen atoms in total. The van der Waals surface area contributed by atoms with Crippen molar-refractivity contribution < 1.29 is 4.74 Å². The first-order valence-electron chi connectivity index (χ1n) is 8.66. The van der Waals surface area contributed by atoms with Crippen LogP contribution in [0.15, 0.2) is 29.3 Å². The summed E-state index contributed by atoms with van der Waals surface area (Å²) in [5.74, 6) is 2.80. The van der Waals surface area contributed by atoms with Gasteiger partial charge in [0.25, 0.3) is 0 Å². The second kappa shape index (κ2) is 8.78. The average Bonchev–Trinajstić information content (AvgIpc) is 3.29. The molecule has 1 aromatic rings. The van der Waals surface area contributed by atoms with Gasteiger partial charge in [0.05, 0.1) is 7.11 Å². The van der Waals surface area contributed by atoms with Crippen molar-refractivity contribution in [1.29, 1.82) is 0 Å². The summed E-state index contributed by atoms with van der Waals surface area (Å²) in [5, 5.41) is 3.62. The van der Waals surface area contributed by atoms with Crippen molar-refractivity contribution in [3.05, 3.63) is 24.3 Å². The predicted octanol–water partition coefficient (Wildman–Crippen LogP) is 2.81. The maximum absolute atomic E-state index is 5.33. The molecule has 1 saturated heterocycles. The highest BCUT2D eigenvalue weighted by molar-refractivity contribution is 14.0. The number of anilines is 1. The van der Waals surface area contributed by atoms with Gasteiger partial charge in [-0.3, -0.25) is 4.99 Å². The Morgan fingerprint density at radius 2 is 2.00 bits per heavy atom. The summed E-state index contributed by atoms with van der Waals surface area (Å²) in [6, 6.07) is 8.94. The molecule has 1 aliphatic carbocycles. The van der Waals surface area contributed by atoms with Crippen molar-refractivity contribution in [2.45, 2.75) is 26.3 Å². The lowest BCUT2D eigenvalue weighted by molar-refractivity contribution is 0.370. The van der Waals surface area contributed by atoms with E-state index in [1.165, 1.54) is 12.1 Å². The number of halogens is 1. The molecule has 1 aromatic carbocycles. The van der Waals surface area contributed by atoms with E-state index < -0.39 is 0 Å². The summed E-state index contributed by atoms with van der Waals surface area (Å²) in [6.07, 6.45) is 1.27. The average molecular weight is 444 g/mol. The first-order valence-corrected chi connectivity index (χ1v) is 8.66. The first-order chi connectivity index (χ1) is 11.2. The van der Waals surface area contributed by atoms with Gasteiger partial charge in [0.1, 0.15) is 5.75 Å². The van der Waals surface area contributed by atoms with Gasteiger partial charge in [0.2, 0.25) is 0 Å². The van der Waals surface area contributed by atoms with Crippen LogP contribution < -0.4 is 15.0 Å². The molecular weight excluding hydrogens is 415 g/mol. The van der Waals surface area contributed by atoms with Crippen LogP contribution in [0.2, 0.25) is 0 Å². The summed E-state index contributed by atoms with van der Waals surface area (Å²) < 4.78 is 5.33. The van der Waals surface area contributed by atoms with Gasteiger partial charge in [-0.1, -0.05) is 13.0 Å². The van der Waals surface area contributed by atoms with Gasteiger partial charge in [-0.05, 0) is 31.4 Å². The number of aliphatic imine (C=N–C) groups is 1. The van der Waals surface area contributed by atoms with Crippen molar-refractivity contribution in [2.24, 2.45) is 10.9 Å². The highest BCUT2D eigenvalue weighted by atomic mass is 127. The van der Waals surface area contributed by atoms with Gasteiger partial charge < -0.3 is 19.9 Å². The molecule has 2 fully saturated rings. The molecule has 24 heavy (non-hydrogen) atoms. The second-order valence-corrected chi connectivity index (χ2v) is 6.44. The van der Waals surface area contributed by atoms with Crippen molar-refractivity contribution in [2.75, 3.05) is 44.7 Å². The fraction of sp³-hybridized carbons (Fsp3) is 0.611. The molecule has 2 atom stereocenters. The molecule has 0 radical (unpaired) electrons. The molecule has 0 spiro atoms. The van der Waals surface area contributed by atoms with E-state index in [1.807, 2.05) is 6.07 Å². The van der Waals surface area contributed by atoms with Crippen LogP contribution in [-0.2, 0) is 0 Å². The molecule has 1 heterocycles. The Labute approximate surface area is 162 Å². The van der Waals surface area contributed by atoms with Gasteiger partial charge in [0.15, 0.2) is 5.96 Å². The van der Waals surface area contributed by atoms with E-state index in [4.69, 9.17) is 4.74 Å². The third kappa shape index (κ3) is 4.68. The number of hydrogen-bond acceptors (Lipinski definition) is 3. The third-order valence-corrected chi connectivity index (χ3v) is 4.73.